The summed E-state index contributed by atoms with van der Waals surface area (Å²) >= 11 is 0. The van der Waals surface area contributed by atoms with Crippen LogP contribution in [-0.4, -0.2) is 65.0 Å². The van der Waals surface area contributed by atoms with Gasteiger partial charge < -0.3 is 18.9 Å². The second-order valence-corrected chi connectivity index (χ2v) is 10.6. The van der Waals surface area contributed by atoms with Crippen molar-refractivity contribution in [2.24, 2.45) is 0 Å². The predicted molar refractivity (Wildman–Crippen MR) is 112 cm³/mol. The average Bonchev–Trinajstić information content (AvgIpc) is 2.90. The molecule has 0 aromatic carbocycles. The van der Waals surface area contributed by atoms with Gasteiger partial charge in [-0.3, -0.25) is 4.90 Å². The number of rotatable bonds is 6. The second-order valence-electron chi connectivity index (χ2n) is 10.6. The number of esters is 2. The van der Waals surface area contributed by atoms with Gasteiger partial charge in [0.05, 0.1) is 0 Å². The van der Waals surface area contributed by atoms with Gasteiger partial charge in [-0.2, -0.15) is 0 Å². The number of carbonyl (C=O) groups excluding carboxylic acids is 3. The Morgan fingerprint density at radius 3 is 1.83 bits per heavy atom. The van der Waals surface area contributed by atoms with Crippen LogP contribution < -0.4 is 0 Å². The van der Waals surface area contributed by atoms with Gasteiger partial charge in [0.1, 0.15) is 29.5 Å². The number of hydrogen-bond acceptors (Lipinski definition) is 7. The zero-order valence-corrected chi connectivity index (χ0v) is 20.0. The van der Waals surface area contributed by atoms with Crippen molar-refractivity contribution in [1.29, 1.82) is 0 Å². The molecule has 8 heteroatoms. The van der Waals surface area contributed by atoms with Crippen molar-refractivity contribution in [3.8, 4) is 0 Å². The molecule has 0 N–H and O–H groups in total. The highest BCUT2D eigenvalue weighted by Crippen LogP contribution is 2.30. The number of hydrogen-bond donors (Lipinski definition) is 0. The molecule has 0 aromatic rings. The lowest BCUT2D eigenvalue weighted by molar-refractivity contribution is -0.160. The second kappa shape index (κ2) is 9.98. The third-order valence-corrected chi connectivity index (χ3v) is 4.02. The van der Waals surface area contributed by atoms with E-state index in [2.05, 4.69) is 0 Å². The third kappa shape index (κ3) is 9.78. The van der Waals surface area contributed by atoms with E-state index in [0.29, 0.717) is 19.3 Å². The summed E-state index contributed by atoms with van der Waals surface area (Å²) in [6.45, 7) is 16.2. The first-order valence-electron chi connectivity index (χ1n) is 10.5. The standard InChI is InChI=1S/C22H39NO7/c1-20(2,3)28-17(24)14-27-13-12-15-10-11-16(18(25)29-21(4,5)6)23(15)19(26)30-22(7,8)9/h15-16H,10-14H2,1-9H3/t15-,16-/m0/s1. The Labute approximate surface area is 180 Å². The van der Waals surface area contributed by atoms with Gasteiger partial charge in [-0.15, -0.1) is 0 Å². The van der Waals surface area contributed by atoms with Gasteiger partial charge in [0.15, 0.2) is 0 Å². The van der Waals surface area contributed by atoms with Gasteiger partial charge in [0, 0.05) is 12.6 Å². The summed E-state index contributed by atoms with van der Waals surface area (Å²) in [4.78, 5) is 38.7. The van der Waals surface area contributed by atoms with E-state index in [1.807, 2.05) is 0 Å². The van der Waals surface area contributed by atoms with Crippen LogP contribution in [0, 0.1) is 0 Å². The van der Waals surface area contributed by atoms with E-state index in [4.69, 9.17) is 18.9 Å². The van der Waals surface area contributed by atoms with Crippen LogP contribution >= 0.6 is 0 Å². The molecule has 0 radical (unpaired) electrons. The van der Waals surface area contributed by atoms with Crippen molar-refractivity contribution in [2.75, 3.05) is 13.2 Å². The molecule has 1 aliphatic heterocycles. The van der Waals surface area contributed by atoms with Gasteiger partial charge in [0.25, 0.3) is 0 Å². The van der Waals surface area contributed by atoms with Crippen LogP contribution in [0.4, 0.5) is 4.79 Å². The van der Waals surface area contributed by atoms with Gasteiger partial charge in [-0.05, 0) is 81.6 Å². The molecule has 0 spiro atoms. The Hall–Kier alpha value is -1.83. The largest absolute Gasteiger partial charge is 0.458 e. The first-order chi connectivity index (χ1) is 13.5. The maximum atomic E-state index is 12.8. The van der Waals surface area contributed by atoms with Gasteiger partial charge in [0.2, 0.25) is 0 Å². The molecular formula is C22H39NO7. The molecule has 30 heavy (non-hydrogen) atoms. The number of nitrogens with zero attached hydrogens (tertiary/aromatic N) is 1. The van der Waals surface area contributed by atoms with E-state index >= 15 is 0 Å². The molecule has 0 aromatic heterocycles. The van der Waals surface area contributed by atoms with Crippen molar-refractivity contribution < 1.29 is 33.3 Å². The van der Waals surface area contributed by atoms with Crippen LogP contribution in [0.1, 0.15) is 81.6 Å². The van der Waals surface area contributed by atoms with Crippen LogP contribution in [0.15, 0.2) is 0 Å². The van der Waals surface area contributed by atoms with Crippen molar-refractivity contribution >= 4 is 18.0 Å². The lowest BCUT2D eigenvalue weighted by Gasteiger charge is -2.33. The van der Waals surface area contributed by atoms with E-state index in [1.165, 1.54) is 4.90 Å². The molecule has 8 nitrogen and oxygen atoms in total. The maximum absolute atomic E-state index is 12.8. The van der Waals surface area contributed by atoms with Crippen LogP contribution in [0.3, 0.4) is 0 Å². The van der Waals surface area contributed by atoms with Crippen molar-refractivity contribution in [2.45, 2.75) is 110 Å². The first kappa shape index (κ1) is 26.2. The SMILES string of the molecule is CC(C)(C)OC(=O)COCC[C@@H]1CC[C@@H](C(=O)OC(C)(C)C)N1C(=O)OC(C)(C)C. The number of carbonyl (C=O) groups is 3. The molecule has 1 fully saturated rings. The predicted octanol–water partition coefficient (Wildman–Crippen LogP) is 3.84. The average molecular weight is 430 g/mol. The highest BCUT2D eigenvalue weighted by molar-refractivity contribution is 5.82. The summed E-state index contributed by atoms with van der Waals surface area (Å²) in [6.07, 6.45) is 1.04. The summed E-state index contributed by atoms with van der Waals surface area (Å²) < 4.78 is 21.7. The van der Waals surface area contributed by atoms with E-state index in [9.17, 15) is 14.4 Å². The van der Waals surface area contributed by atoms with E-state index in [0.717, 1.165) is 0 Å². The molecule has 1 aliphatic rings. The van der Waals surface area contributed by atoms with Crippen molar-refractivity contribution in [1.82, 2.24) is 4.90 Å². The quantitative estimate of drug-likeness (QED) is 0.360. The molecule has 0 aliphatic carbocycles. The monoisotopic (exact) mass is 429 g/mol. The molecule has 1 rings (SSSR count). The minimum Gasteiger partial charge on any atom is -0.458 e. The Morgan fingerprint density at radius 1 is 0.800 bits per heavy atom. The zero-order valence-electron chi connectivity index (χ0n) is 20.0. The highest BCUT2D eigenvalue weighted by Gasteiger charge is 2.44. The molecule has 1 amide bonds. The summed E-state index contributed by atoms with van der Waals surface area (Å²) in [5.74, 6) is -0.880. The van der Waals surface area contributed by atoms with Crippen LogP contribution in [0.25, 0.3) is 0 Å². The molecule has 174 valence electrons. The number of ether oxygens (including phenoxy) is 4. The van der Waals surface area contributed by atoms with E-state index < -0.39 is 40.9 Å². The lowest BCUT2D eigenvalue weighted by atomic mass is 10.1. The Kier molecular flexibility index (Phi) is 8.72. The zero-order chi connectivity index (χ0) is 23.3. The van der Waals surface area contributed by atoms with Crippen LogP contribution in [-0.2, 0) is 28.5 Å². The minimum absolute atomic E-state index is 0.161. The summed E-state index contributed by atoms with van der Waals surface area (Å²) in [7, 11) is 0. The summed E-state index contributed by atoms with van der Waals surface area (Å²) in [5, 5.41) is 0. The van der Waals surface area contributed by atoms with Gasteiger partial charge in [-0.1, -0.05) is 0 Å². The number of amides is 1. The van der Waals surface area contributed by atoms with Gasteiger partial charge >= 0.3 is 18.0 Å². The van der Waals surface area contributed by atoms with Crippen molar-refractivity contribution in [3.05, 3.63) is 0 Å². The van der Waals surface area contributed by atoms with Gasteiger partial charge in [-0.25, -0.2) is 14.4 Å². The minimum atomic E-state index is -0.699. The topological polar surface area (TPSA) is 91.4 Å². The Morgan fingerprint density at radius 2 is 1.33 bits per heavy atom. The smallest absolute Gasteiger partial charge is 0.411 e. The summed E-state index contributed by atoms with van der Waals surface area (Å²) in [5.41, 5.74) is -1.90. The summed E-state index contributed by atoms with van der Waals surface area (Å²) in [6, 6.07) is -0.939. The van der Waals surface area contributed by atoms with E-state index in [1.54, 1.807) is 62.3 Å². The molecular weight excluding hydrogens is 390 g/mol. The van der Waals surface area contributed by atoms with Crippen LogP contribution in [0.5, 0.6) is 0 Å². The van der Waals surface area contributed by atoms with Crippen molar-refractivity contribution in [3.63, 3.8) is 0 Å². The molecule has 0 saturated carbocycles. The molecule has 1 saturated heterocycles. The maximum Gasteiger partial charge on any atom is 0.411 e. The first-order valence-corrected chi connectivity index (χ1v) is 10.5. The molecule has 1 heterocycles. The fourth-order valence-corrected chi connectivity index (χ4v) is 3.10. The number of likely N-dealkylation sites (tertiary alicyclic amines) is 1. The van der Waals surface area contributed by atoms with E-state index in [-0.39, 0.29) is 19.3 Å². The lowest BCUT2D eigenvalue weighted by Crippen LogP contribution is -2.49. The normalized spacial score (nSPS) is 20.1. The van der Waals surface area contributed by atoms with Crippen LogP contribution in [0.2, 0.25) is 0 Å². The Balaban J connectivity index is 2.75. The molecule has 0 unspecified atom stereocenters. The fourth-order valence-electron chi connectivity index (χ4n) is 3.10. The highest BCUT2D eigenvalue weighted by atomic mass is 16.6. The Bertz CT molecular complexity index is 610. The third-order valence-electron chi connectivity index (χ3n) is 4.02. The molecule has 0 bridgehead atoms. The fraction of sp³-hybridized carbons (Fsp3) is 0.864. The molecule has 2 atom stereocenters.